The first-order chi connectivity index (χ1) is 9.14. The number of fused-ring (bicyclic) bond motifs is 2. The van der Waals surface area contributed by atoms with Crippen molar-refractivity contribution < 1.29 is 13.2 Å². The molecule has 0 amide bonds. The molecule has 19 heavy (non-hydrogen) atoms. The number of thiophene rings is 1. The normalized spacial score (nSPS) is 30.8. The fourth-order valence-electron chi connectivity index (χ4n) is 3.13. The molecule has 0 aromatic carbocycles. The minimum atomic E-state index is -3.34. The largest absolute Gasteiger partial charge is 0.372 e. The first kappa shape index (κ1) is 13.3. The maximum Gasteiger partial charge on any atom is 0.252 e. The second-order valence-electron chi connectivity index (χ2n) is 5.00. The summed E-state index contributed by atoms with van der Waals surface area (Å²) in [5.41, 5.74) is 0. The summed E-state index contributed by atoms with van der Waals surface area (Å²) >= 11 is 1.28. The highest BCUT2D eigenvalue weighted by atomic mass is 32.2. The summed E-state index contributed by atoms with van der Waals surface area (Å²) in [5, 5.41) is 1.80. The summed E-state index contributed by atoms with van der Waals surface area (Å²) in [5.74, 6) is 0.333. The van der Waals surface area contributed by atoms with Crippen molar-refractivity contribution in [3.8, 4) is 0 Å². The zero-order valence-corrected chi connectivity index (χ0v) is 12.2. The van der Waals surface area contributed by atoms with E-state index in [0.717, 1.165) is 12.8 Å². The lowest BCUT2D eigenvalue weighted by atomic mass is 10.1. The maximum atomic E-state index is 12.6. The van der Waals surface area contributed by atoms with Crippen molar-refractivity contribution in [2.75, 3.05) is 13.2 Å². The maximum absolute atomic E-state index is 12.6. The van der Waals surface area contributed by atoms with E-state index in [9.17, 15) is 8.42 Å². The molecule has 3 atom stereocenters. The zero-order valence-electron chi connectivity index (χ0n) is 10.6. The quantitative estimate of drug-likeness (QED) is 0.782. The van der Waals surface area contributed by atoms with E-state index in [1.807, 2.05) is 0 Å². The second kappa shape index (κ2) is 5.01. The van der Waals surface area contributed by atoms with Gasteiger partial charge in [-0.15, -0.1) is 17.9 Å². The number of ether oxygens (including phenoxy) is 1. The molecule has 0 N–H and O–H groups in total. The van der Waals surface area contributed by atoms with Crippen molar-refractivity contribution in [1.29, 1.82) is 0 Å². The van der Waals surface area contributed by atoms with Crippen LogP contribution in [0.15, 0.2) is 34.4 Å². The molecule has 4 nitrogen and oxygen atoms in total. The molecule has 1 saturated carbocycles. The highest BCUT2D eigenvalue weighted by molar-refractivity contribution is 7.91. The minimum Gasteiger partial charge on any atom is -0.372 e. The standard InChI is InChI=1S/C13H17NO3S2/c1-2-7-17-13-10-5-6-11(13)14(9-10)19(15,16)12-4-3-8-18-12/h2-4,8,10-11,13H,1,5-7,9H2/t10-,11+,13+/m0/s1. The van der Waals surface area contributed by atoms with Crippen molar-refractivity contribution in [3.63, 3.8) is 0 Å². The number of sulfonamides is 1. The van der Waals surface area contributed by atoms with Gasteiger partial charge in [0, 0.05) is 12.5 Å². The Kier molecular flexibility index (Phi) is 3.51. The number of hydrogen-bond donors (Lipinski definition) is 0. The second-order valence-corrected chi connectivity index (χ2v) is 8.06. The van der Waals surface area contributed by atoms with Gasteiger partial charge >= 0.3 is 0 Å². The van der Waals surface area contributed by atoms with Crippen LogP contribution >= 0.6 is 11.3 Å². The van der Waals surface area contributed by atoms with Crippen LogP contribution in [0, 0.1) is 5.92 Å². The van der Waals surface area contributed by atoms with Gasteiger partial charge in [-0.3, -0.25) is 0 Å². The van der Waals surface area contributed by atoms with Crippen molar-refractivity contribution >= 4 is 21.4 Å². The lowest BCUT2D eigenvalue weighted by Crippen LogP contribution is -2.39. The molecule has 1 aromatic heterocycles. The highest BCUT2D eigenvalue weighted by Gasteiger charge is 2.52. The van der Waals surface area contributed by atoms with Gasteiger partial charge in [0.1, 0.15) is 4.21 Å². The molecule has 2 fully saturated rings. The summed E-state index contributed by atoms with van der Waals surface area (Å²) in [6, 6.07) is 3.44. The van der Waals surface area contributed by atoms with E-state index < -0.39 is 10.0 Å². The molecule has 1 aliphatic heterocycles. The molecule has 1 saturated heterocycles. The van der Waals surface area contributed by atoms with Crippen LogP contribution in [-0.4, -0.2) is 38.0 Å². The van der Waals surface area contributed by atoms with Crippen LogP contribution in [0.1, 0.15) is 12.8 Å². The third kappa shape index (κ3) is 2.16. The van der Waals surface area contributed by atoms with Gasteiger partial charge in [-0.1, -0.05) is 12.1 Å². The topological polar surface area (TPSA) is 46.6 Å². The Morgan fingerprint density at radius 3 is 3.05 bits per heavy atom. The summed E-state index contributed by atoms with van der Waals surface area (Å²) in [6.45, 7) is 4.73. The number of hydrogen-bond acceptors (Lipinski definition) is 4. The van der Waals surface area contributed by atoms with Crippen LogP contribution in [0.3, 0.4) is 0 Å². The molecule has 1 aromatic rings. The molecular formula is C13H17NO3S2. The number of nitrogens with zero attached hydrogens (tertiary/aromatic N) is 1. The predicted octanol–water partition coefficient (Wildman–Crippen LogP) is 2.10. The lowest BCUT2D eigenvalue weighted by Gasteiger charge is -2.25. The van der Waals surface area contributed by atoms with Gasteiger partial charge in [0.2, 0.25) is 0 Å². The lowest BCUT2D eigenvalue weighted by molar-refractivity contribution is 0.0529. The molecule has 1 aliphatic carbocycles. The Morgan fingerprint density at radius 2 is 2.37 bits per heavy atom. The third-order valence-corrected chi connectivity index (χ3v) is 7.19. The number of piperidine rings is 1. The van der Waals surface area contributed by atoms with Gasteiger partial charge in [0.05, 0.1) is 18.8 Å². The molecule has 2 aliphatic rings. The zero-order chi connectivity index (χ0) is 13.5. The van der Waals surface area contributed by atoms with E-state index in [-0.39, 0.29) is 12.1 Å². The monoisotopic (exact) mass is 299 g/mol. The van der Waals surface area contributed by atoms with Crippen LogP contribution < -0.4 is 0 Å². The van der Waals surface area contributed by atoms with Gasteiger partial charge in [-0.25, -0.2) is 8.42 Å². The first-order valence-corrected chi connectivity index (χ1v) is 8.74. The Labute approximate surface area is 117 Å². The molecule has 2 heterocycles. The van der Waals surface area contributed by atoms with E-state index in [2.05, 4.69) is 6.58 Å². The Balaban J connectivity index is 1.83. The highest BCUT2D eigenvalue weighted by Crippen LogP contribution is 2.43. The molecule has 0 unspecified atom stereocenters. The molecular weight excluding hydrogens is 282 g/mol. The van der Waals surface area contributed by atoms with E-state index in [1.54, 1.807) is 27.9 Å². The SMILES string of the molecule is C=CCO[C@@H]1[C@H]2CC[C@H]1N(S(=O)(=O)c1cccs1)C2. The molecule has 104 valence electrons. The smallest absolute Gasteiger partial charge is 0.252 e. The van der Waals surface area contributed by atoms with Crippen molar-refractivity contribution in [3.05, 3.63) is 30.2 Å². The predicted molar refractivity (Wildman–Crippen MR) is 74.7 cm³/mol. The summed E-state index contributed by atoms with van der Waals surface area (Å²) in [7, 11) is -3.34. The molecule has 3 rings (SSSR count). The third-order valence-electron chi connectivity index (χ3n) is 3.93. The van der Waals surface area contributed by atoms with E-state index in [1.165, 1.54) is 11.3 Å². The van der Waals surface area contributed by atoms with Crippen LogP contribution in [0.2, 0.25) is 0 Å². The van der Waals surface area contributed by atoms with Gasteiger partial charge in [0.15, 0.2) is 0 Å². The van der Waals surface area contributed by atoms with Gasteiger partial charge in [-0.05, 0) is 24.3 Å². The van der Waals surface area contributed by atoms with Gasteiger partial charge in [0.25, 0.3) is 10.0 Å². The molecule has 2 bridgehead atoms. The average molecular weight is 299 g/mol. The summed E-state index contributed by atoms with van der Waals surface area (Å²) < 4.78 is 33.0. The van der Waals surface area contributed by atoms with E-state index in [4.69, 9.17) is 4.74 Å². The van der Waals surface area contributed by atoms with Crippen LogP contribution in [0.25, 0.3) is 0 Å². The van der Waals surface area contributed by atoms with Crippen LogP contribution in [0.4, 0.5) is 0 Å². The Morgan fingerprint density at radius 1 is 1.53 bits per heavy atom. The van der Waals surface area contributed by atoms with E-state index >= 15 is 0 Å². The Hall–Kier alpha value is -0.690. The van der Waals surface area contributed by atoms with Crippen molar-refractivity contribution in [2.45, 2.75) is 29.2 Å². The van der Waals surface area contributed by atoms with E-state index in [0.29, 0.717) is 23.3 Å². The van der Waals surface area contributed by atoms with Crippen LogP contribution in [-0.2, 0) is 14.8 Å². The van der Waals surface area contributed by atoms with Crippen molar-refractivity contribution in [2.24, 2.45) is 5.92 Å². The fraction of sp³-hybridized carbons (Fsp3) is 0.538. The van der Waals surface area contributed by atoms with Crippen LogP contribution in [0.5, 0.6) is 0 Å². The summed E-state index contributed by atoms with van der Waals surface area (Å²) in [4.78, 5) is 0. The van der Waals surface area contributed by atoms with Crippen molar-refractivity contribution in [1.82, 2.24) is 4.31 Å². The van der Waals surface area contributed by atoms with Gasteiger partial charge in [-0.2, -0.15) is 4.31 Å². The molecule has 6 heteroatoms. The minimum absolute atomic E-state index is 0.00273. The molecule has 0 spiro atoms. The van der Waals surface area contributed by atoms with Gasteiger partial charge < -0.3 is 4.74 Å². The molecule has 0 radical (unpaired) electrons. The summed E-state index contributed by atoms with van der Waals surface area (Å²) in [6.07, 6.45) is 3.71. The number of rotatable bonds is 5. The Bertz CT molecular complexity index is 552. The first-order valence-electron chi connectivity index (χ1n) is 6.42. The average Bonchev–Trinajstić information content (AvgIpc) is 3.12. The fourth-order valence-corrected chi connectivity index (χ4v) is 5.97.